The van der Waals surface area contributed by atoms with Gasteiger partial charge < -0.3 is 14.9 Å². The molecule has 26 heavy (non-hydrogen) atoms. The average Bonchev–Trinajstić information content (AvgIpc) is 2.65. The lowest BCUT2D eigenvalue weighted by molar-refractivity contribution is -0.143. The molecule has 1 aromatic carbocycles. The maximum atomic E-state index is 12.7. The highest BCUT2D eigenvalue weighted by Crippen LogP contribution is 2.39. The molecule has 5 nitrogen and oxygen atoms in total. The largest absolute Gasteiger partial charge is 0.395 e. The molecule has 2 aliphatic heterocycles. The fraction of sp³-hybridized carbons (Fsp3) is 0.619. The van der Waals surface area contributed by atoms with Gasteiger partial charge in [-0.2, -0.15) is 0 Å². The number of β-amino-alcohol motifs (C(OH)–C–C–N with tert-alkyl or cyclic N) is 1. The Balaban J connectivity index is 1.58. The second-order valence-corrected chi connectivity index (χ2v) is 7.94. The molecule has 2 heterocycles. The minimum absolute atomic E-state index is 0.00101. The number of hydrogen-bond donors (Lipinski definition) is 1. The van der Waals surface area contributed by atoms with E-state index < -0.39 is 0 Å². The first-order valence-corrected chi connectivity index (χ1v) is 9.73. The lowest BCUT2D eigenvalue weighted by atomic mass is 9.73. The first-order valence-electron chi connectivity index (χ1n) is 9.73. The van der Waals surface area contributed by atoms with E-state index in [-0.39, 0.29) is 23.8 Å². The summed E-state index contributed by atoms with van der Waals surface area (Å²) in [4.78, 5) is 28.6. The lowest BCUT2D eigenvalue weighted by Crippen LogP contribution is -2.55. The van der Waals surface area contributed by atoms with E-state index >= 15 is 0 Å². The van der Waals surface area contributed by atoms with Gasteiger partial charge in [0.25, 0.3) is 0 Å². The zero-order chi connectivity index (χ0) is 18.6. The van der Waals surface area contributed by atoms with E-state index in [2.05, 4.69) is 31.2 Å². The SMILES string of the molecule is Cc1ccc(CCC(=O)N2CCC[C@@]3(CCC(=O)N(CCO)C3)C2)cc1. The Bertz CT molecular complexity index is 643. The Morgan fingerprint density at radius 1 is 1.19 bits per heavy atom. The van der Waals surface area contributed by atoms with Crippen molar-refractivity contribution in [2.45, 2.75) is 45.4 Å². The van der Waals surface area contributed by atoms with Gasteiger partial charge in [0.2, 0.25) is 11.8 Å². The molecule has 3 rings (SSSR count). The summed E-state index contributed by atoms with van der Waals surface area (Å²) in [7, 11) is 0. The number of hydrogen-bond acceptors (Lipinski definition) is 3. The Morgan fingerprint density at radius 3 is 2.69 bits per heavy atom. The van der Waals surface area contributed by atoms with E-state index in [1.165, 1.54) is 11.1 Å². The highest BCUT2D eigenvalue weighted by atomic mass is 16.3. The maximum Gasteiger partial charge on any atom is 0.222 e. The highest BCUT2D eigenvalue weighted by Gasteiger charge is 2.42. The molecule has 0 radical (unpaired) electrons. The van der Waals surface area contributed by atoms with Gasteiger partial charge in [0.05, 0.1) is 6.61 Å². The van der Waals surface area contributed by atoms with Crippen molar-refractivity contribution in [2.75, 3.05) is 32.8 Å². The van der Waals surface area contributed by atoms with Gasteiger partial charge in [0, 0.05) is 44.4 Å². The van der Waals surface area contributed by atoms with Gasteiger partial charge in [-0.3, -0.25) is 9.59 Å². The molecule has 1 aromatic rings. The van der Waals surface area contributed by atoms with Crippen LogP contribution in [-0.4, -0.2) is 59.5 Å². The molecule has 5 heteroatoms. The zero-order valence-electron chi connectivity index (χ0n) is 15.7. The van der Waals surface area contributed by atoms with Crippen molar-refractivity contribution in [3.05, 3.63) is 35.4 Å². The normalized spacial score (nSPS) is 23.5. The smallest absolute Gasteiger partial charge is 0.222 e. The quantitative estimate of drug-likeness (QED) is 0.877. The van der Waals surface area contributed by atoms with Crippen LogP contribution in [0.25, 0.3) is 0 Å². The summed E-state index contributed by atoms with van der Waals surface area (Å²) >= 11 is 0. The minimum atomic E-state index is 0.00101. The Kier molecular flexibility index (Phi) is 5.97. The number of aryl methyl sites for hydroxylation is 2. The van der Waals surface area contributed by atoms with Gasteiger partial charge in [-0.25, -0.2) is 0 Å². The Hall–Kier alpha value is -1.88. The molecule has 0 unspecified atom stereocenters. The van der Waals surface area contributed by atoms with Gasteiger partial charge in [0.15, 0.2) is 0 Å². The second kappa shape index (κ2) is 8.21. The summed E-state index contributed by atoms with van der Waals surface area (Å²) in [5.41, 5.74) is 2.45. The molecule has 2 aliphatic rings. The first kappa shape index (κ1) is 18.9. The van der Waals surface area contributed by atoms with Crippen LogP contribution in [0.15, 0.2) is 24.3 Å². The Morgan fingerprint density at radius 2 is 1.96 bits per heavy atom. The van der Waals surface area contributed by atoms with E-state index in [1.54, 1.807) is 4.90 Å². The van der Waals surface area contributed by atoms with Crippen molar-refractivity contribution in [1.29, 1.82) is 0 Å². The molecule has 0 aromatic heterocycles. The van der Waals surface area contributed by atoms with Gasteiger partial charge in [0.1, 0.15) is 0 Å². The van der Waals surface area contributed by atoms with Gasteiger partial charge in [-0.05, 0) is 38.2 Å². The first-order chi connectivity index (χ1) is 12.5. The number of likely N-dealkylation sites (tertiary alicyclic amines) is 2. The molecule has 1 atom stereocenters. The van der Waals surface area contributed by atoms with Crippen molar-refractivity contribution < 1.29 is 14.7 Å². The number of aliphatic hydroxyl groups is 1. The van der Waals surface area contributed by atoms with Crippen molar-refractivity contribution in [3.63, 3.8) is 0 Å². The third-order valence-corrected chi connectivity index (χ3v) is 5.88. The summed E-state index contributed by atoms with van der Waals surface area (Å²) in [6.45, 7) is 4.71. The van der Waals surface area contributed by atoms with Crippen LogP contribution in [0.3, 0.4) is 0 Å². The fourth-order valence-electron chi connectivity index (χ4n) is 4.34. The average molecular weight is 358 g/mol. The molecule has 0 saturated carbocycles. The van der Waals surface area contributed by atoms with Crippen molar-refractivity contribution in [1.82, 2.24) is 9.80 Å². The Labute approximate surface area is 156 Å². The van der Waals surface area contributed by atoms with Gasteiger partial charge in [-0.1, -0.05) is 29.8 Å². The van der Waals surface area contributed by atoms with Crippen LogP contribution in [0.4, 0.5) is 0 Å². The molecule has 0 bridgehead atoms. The summed E-state index contributed by atoms with van der Waals surface area (Å²) in [5.74, 6) is 0.350. The number of nitrogens with zero attached hydrogens (tertiary/aromatic N) is 2. The topological polar surface area (TPSA) is 60.9 Å². The molecule has 2 fully saturated rings. The number of aliphatic hydroxyl groups excluding tert-OH is 1. The van der Waals surface area contributed by atoms with E-state index in [0.29, 0.717) is 25.9 Å². The number of carbonyl (C=O) groups is 2. The molecule has 142 valence electrons. The van der Waals surface area contributed by atoms with E-state index in [0.717, 1.165) is 38.8 Å². The third kappa shape index (κ3) is 4.44. The van der Waals surface area contributed by atoms with Crippen LogP contribution in [0, 0.1) is 12.3 Å². The van der Waals surface area contributed by atoms with Crippen LogP contribution in [-0.2, 0) is 16.0 Å². The lowest BCUT2D eigenvalue weighted by Gasteiger charge is -2.48. The molecule has 1 spiro atoms. The number of amides is 2. The van der Waals surface area contributed by atoms with Crippen molar-refractivity contribution >= 4 is 11.8 Å². The predicted octanol–water partition coefficient (Wildman–Crippen LogP) is 2.15. The van der Waals surface area contributed by atoms with Crippen LogP contribution < -0.4 is 0 Å². The maximum absolute atomic E-state index is 12.7. The number of carbonyl (C=O) groups excluding carboxylic acids is 2. The minimum Gasteiger partial charge on any atom is -0.395 e. The third-order valence-electron chi connectivity index (χ3n) is 5.88. The van der Waals surface area contributed by atoms with E-state index in [4.69, 9.17) is 0 Å². The second-order valence-electron chi connectivity index (χ2n) is 7.94. The zero-order valence-corrected chi connectivity index (χ0v) is 15.7. The van der Waals surface area contributed by atoms with Crippen molar-refractivity contribution in [2.24, 2.45) is 5.41 Å². The fourth-order valence-corrected chi connectivity index (χ4v) is 4.34. The molecule has 2 saturated heterocycles. The predicted molar refractivity (Wildman–Crippen MR) is 101 cm³/mol. The van der Waals surface area contributed by atoms with E-state index in [9.17, 15) is 14.7 Å². The van der Waals surface area contributed by atoms with Crippen LogP contribution in [0.2, 0.25) is 0 Å². The molecular formula is C21H30N2O3. The molecule has 2 amide bonds. The summed E-state index contributed by atoms with van der Waals surface area (Å²) in [6.07, 6.45) is 4.76. The monoisotopic (exact) mass is 358 g/mol. The van der Waals surface area contributed by atoms with E-state index in [1.807, 2.05) is 4.90 Å². The van der Waals surface area contributed by atoms with Crippen LogP contribution in [0.1, 0.15) is 43.2 Å². The van der Waals surface area contributed by atoms with Crippen LogP contribution >= 0.6 is 0 Å². The van der Waals surface area contributed by atoms with Crippen molar-refractivity contribution in [3.8, 4) is 0 Å². The van der Waals surface area contributed by atoms with Crippen LogP contribution in [0.5, 0.6) is 0 Å². The molecular weight excluding hydrogens is 328 g/mol. The van der Waals surface area contributed by atoms with Gasteiger partial charge in [-0.15, -0.1) is 0 Å². The standard InChI is InChI=1S/C21H30N2O3/c1-17-3-5-18(6-4-17)7-8-19(25)22-12-2-10-21(15-22)11-9-20(26)23(16-21)13-14-24/h3-6,24H,2,7-16H2,1H3/t21-/m1/s1. The number of benzene rings is 1. The van der Waals surface area contributed by atoms with Gasteiger partial charge >= 0.3 is 0 Å². The highest BCUT2D eigenvalue weighted by molar-refractivity contribution is 5.78. The summed E-state index contributed by atoms with van der Waals surface area (Å²) in [5, 5.41) is 9.20. The number of piperidine rings is 2. The summed E-state index contributed by atoms with van der Waals surface area (Å²) in [6, 6.07) is 8.37. The summed E-state index contributed by atoms with van der Waals surface area (Å²) < 4.78 is 0. The molecule has 0 aliphatic carbocycles. The number of rotatable bonds is 5. The molecule has 1 N–H and O–H groups in total.